The minimum atomic E-state index is 1.11. The Morgan fingerprint density at radius 3 is 1.42 bits per heavy atom. The monoisotopic (exact) mass is 638 g/mol. The molecule has 236 valence electrons. The summed E-state index contributed by atoms with van der Waals surface area (Å²) in [6.45, 7) is 0. The van der Waals surface area contributed by atoms with Crippen LogP contribution in [0, 0.1) is 0 Å². The second-order valence-electron chi connectivity index (χ2n) is 12.6. The van der Waals surface area contributed by atoms with Crippen LogP contribution in [0.1, 0.15) is 0 Å². The van der Waals surface area contributed by atoms with E-state index in [1.807, 2.05) is 0 Å². The number of benzene rings is 8. The van der Waals surface area contributed by atoms with Gasteiger partial charge in [0.15, 0.2) is 0 Å². The SMILES string of the molecule is c1ccc(-c2ccc(N(c3ccccc3)c3ccc4c5ccccc5n(-c5ccc(-c6cccc(-c7ccccc7)c6)cc5)c4c3)cc2)cc1. The summed E-state index contributed by atoms with van der Waals surface area (Å²) >= 11 is 0. The average Bonchev–Trinajstić information content (AvgIpc) is 3.53. The van der Waals surface area contributed by atoms with E-state index >= 15 is 0 Å². The zero-order valence-corrected chi connectivity index (χ0v) is 27.5. The summed E-state index contributed by atoms with van der Waals surface area (Å²) < 4.78 is 2.40. The Labute approximate surface area is 292 Å². The summed E-state index contributed by atoms with van der Waals surface area (Å²) in [6.07, 6.45) is 0. The van der Waals surface area contributed by atoms with Crippen molar-refractivity contribution in [3.63, 3.8) is 0 Å². The first-order valence-electron chi connectivity index (χ1n) is 17.1. The second-order valence-corrected chi connectivity index (χ2v) is 12.6. The summed E-state index contributed by atoms with van der Waals surface area (Å²) in [5, 5.41) is 2.48. The van der Waals surface area contributed by atoms with E-state index in [4.69, 9.17) is 0 Å². The Morgan fingerprint density at radius 1 is 0.280 bits per heavy atom. The standard InChI is InChI=1S/C48H34N2/c1-4-13-35(14-5-1)37-23-27-42(28-24-37)49(41-19-8-3-9-20-41)44-31-32-46-45-21-10-11-22-47(45)50(48(46)34-44)43-29-25-38(26-30-43)40-18-12-17-39(33-40)36-15-6-2-7-16-36/h1-34H. The van der Waals surface area contributed by atoms with Gasteiger partial charge in [-0.1, -0.05) is 146 Å². The van der Waals surface area contributed by atoms with E-state index in [0.29, 0.717) is 0 Å². The van der Waals surface area contributed by atoms with Crippen molar-refractivity contribution in [2.45, 2.75) is 0 Å². The van der Waals surface area contributed by atoms with E-state index in [2.05, 4.69) is 216 Å². The molecule has 50 heavy (non-hydrogen) atoms. The largest absolute Gasteiger partial charge is 0.310 e. The van der Waals surface area contributed by atoms with Crippen LogP contribution in [0.5, 0.6) is 0 Å². The van der Waals surface area contributed by atoms with Gasteiger partial charge < -0.3 is 9.47 Å². The van der Waals surface area contributed by atoms with E-state index < -0.39 is 0 Å². The number of para-hydroxylation sites is 2. The molecule has 0 bridgehead atoms. The maximum atomic E-state index is 2.40. The molecular formula is C48H34N2. The third kappa shape index (κ3) is 5.43. The first-order chi connectivity index (χ1) is 24.8. The lowest BCUT2D eigenvalue weighted by Crippen LogP contribution is -2.10. The molecule has 9 aromatic rings. The number of hydrogen-bond donors (Lipinski definition) is 0. The van der Waals surface area contributed by atoms with Crippen molar-refractivity contribution in [3.05, 3.63) is 206 Å². The minimum absolute atomic E-state index is 1.11. The topological polar surface area (TPSA) is 8.17 Å². The molecule has 0 saturated carbocycles. The molecule has 8 aromatic carbocycles. The lowest BCUT2D eigenvalue weighted by atomic mass is 9.99. The zero-order chi connectivity index (χ0) is 33.3. The van der Waals surface area contributed by atoms with Crippen molar-refractivity contribution in [2.75, 3.05) is 4.90 Å². The molecule has 9 rings (SSSR count). The predicted molar refractivity (Wildman–Crippen MR) is 212 cm³/mol. The summed E-state index contributed by atoms with van der Waals surface area (Å²) in [5.41, 5.74) is 14.1. The molecule has 2 heteroatoms. The molecule has 0 radical (unpaired) electrons. The van der Waals surface area contributed by atoms with Crippen LogP contribution < -0.4 is 4.90 Å². The van der Waals surface area contributed by atoms with Gasteiger partial charge in [0, 0.05) is 33.5 Å². The zero-order valence-electron chi connectivity index (χ0n) is 27.5. The molecule has 0 fully saturated rings. The van der Waals surface area contributed by atoms with E-state index in [1.165, 1.54) is 55.2 Å². The fraction of sp³-hybridized carbons (Fsp3) is 0. The molecule has 1 heterocycles. The maximum Gasteiger partial charge on any atom is 0.0561 e. The Hall–Kier alpha value is -6.64. The fourth-order valence-corrected chi connectivity index (χ4v) is 7.15. The van der Waals surface area contributed by atoms with Gasteiger partial charge in [-0.05, 0) is 94.0 Å². The van der Waals surface area contributed by atoms with Gasteiger partial charge in [-0.25, -0.2) is 0 Å². The highest BCUT2D eigenvalue weighted by Crippen LogP contribution is 2.40. The first-order valence-corrected chi connectivity index (χ1v) is 17.1. The molecule has 0 unspecified atom stereocenters. The Balaban J connectivity index is 1.15. The number of hydrogen-bond acceptors (Lipinski definition) is 1. The highest BCUT2D eigenvalue weighted by molar-refractivity contribution is 6.10. The predicted octanol–water partition coefficient (Wildman–Crippen LogP) is 13.3. The first kappa shape index (κ1) is 29.5. The molecule has 0 atom stereocenters. The van der Waals surface area contributed by atoms with Crippen LogP contribution >= 0.6 is 0 Å². The lowest BCUT2D eigenvalue weighted by molar-refractivity contribution is 1.18. The Morgan fingerprint density at radius 2 is 0.740 bits per heavy atom. The smallest absolute Gasteiger partial charge is 0.0561 e. The van der Waals surface area contributed by atoms with Crippen LogP contribution in [-0.2, 0) is 0 Å². The van der Waals surface area contributed by atoms with Crippen LogP contribution in [-0.4, -0.2) is 4.57 Å². The molecule has 0 spiro atoms. The molecule has 0 aliphatic rings. The average molecular weight is 639 g/mol. The minimum Gasteiger partial charge on any atom is -0.310 e. The van der Waals surface area contributed by atoms with Crippen LogP contribution in [0.15, 0.2) is 206 Å². The van der Waals surface area contributed by atoms with Crippen molar-refractivity contribution in [2.24, 2.45) is 0 Å². The maximum absolute atomic E-state index is 2.40. The summed E-state index contributed by atoms with van der Waals surface area (Å²) in [7, 11) is 0. The van der Waals surface area contributed by atoms with Crippen molar-refractivity contribution < 1.29 is 0 Å². The van der Waals surface area contributed by atoms with E-state index in [1.54, 1.807) is 0 Å². The van der Waals surface area contributed by atoms with Gasteiger partial charge in [-0.2, -0.15) is 0 Å². The van der Waals surface area contributed by atoms with E-state index in [-0.39, 0.29) is 0 Å². The van der Waals surface area contributed by atoms with Crippen molar-refractivity contribution >= 4 is 38.9 Å². The number of rotatable bonds is 7. The van der Waals surface area contributed by atoms with Crippen molar-refractivity contribution in [1.82, 2.24) is 4.57 Å². The van der Waals surface area contributed by atoms with Gasteiger partial charge in [-0.15, -0.1) is 0 Å². The summed E-state index contributed by atoms with van der Waals surface area (Å²) in [5.74, 6) is 0. The second kappa shape index (κ2) is 12.8. The lowest BCUT2D eigenvalue weighted by Gasteiger charge is -2.26. The highest BCUT2D eigenvalue weighted by Gasteiger charge is 2.17. The third-order valence-electron chi connectivity index (χ3n) is 9.59. The van der Waals surface area contributed by atoms with Crippen molar-refractivity contribution in [1.29, 1.82) is 0 Å². The number of anilines is 3. The molecular weight excluding hydrogens is 605 g/mol. The third-order valence-corrected chi connectivity index (χ3v) is 9.59. The molecule has 0 aliphatic carbocycles. The van der Waals surface area contributed by atoms with Crippen LogP contribution in [0.25, 0.3) is 60.9 Å². The molecule has 0 N–H and O–H groups in total. The molecule has 2 nitrogen and oxygen atoms in total. The fourth-order valence-electron chi connectivity index (χ4n) is 7.15. The van der Waals surface area contributed by atoms with E-state index in [0.717, 1.165) is 22.7 Å². The number of fused-ring (bicyclic) bond motifs is 3. The molecule has 1 aromatic heterocycles. The van der Waals surface area contributed by atoms with Gasteiger partial charge in [0.25, 0.3) is 0 Å². The number of aromatic nitrogens is 1. The van der Waals surface area contributed by atoms with Crippen LogP contribution in [0.2, 0.25) is 0 Å². The molecule has 0 amide bonds. The van der Waals surface area contributed by atoms with Gasteiger partial charge >= 0.3 is 0 Å². The van der Waals surface area contributed by atoms with Gasteiger partial charge in [0.1, 0.15) is 0 Å². The Kier molecular flexibility index (Phi) is 7.53. The van der Waals surface area contributed by atoms with Crippen LogP contribution in [0.3, 0.4) is 0 Å². The summed E-state index contributed by atoms with van der Waals surface area (Å²) in [6, 6.07) is 74.0. The van der Waals surface area contributed by atoms with Gasteiger partial charge in [0.05, 0.1) is 11.0 Å². The van der Waals surface area contributed by atoms with Gasteiger partial charge in [0.2, 0.25) is 0 Å². The van der Waals surface area contributed by atoms with Gasteiger partial charge in [-0.3, -0.25) is 0 Å². The highest BCUT2D eigenvalue weighted by atomic mass is 15.1. The Bertz CT molecular complexity index is 2550. The van der Waals surface area contributed by atoms with Crippen LogP contribution in [0.4, 0.5) is 17.1 Å². The molecule has 0 saturated heterocycles. The summed E-state index contributed by atoms with van der Waals surface area (Å²) in [4.78, 5) is 2.35. The normalized spacial score (nSPS) is 11.2. The molecule has 0 aliphatic heterocycles. The quantitative estimate of drug-likeness (QED) is 0.169. The van der Waals surface area contributed by atoms with E-state index in [9.17, 15) is 0 Å². The number of nitrogens with zero attached hydrogens (tertiary/aromatic N) is 2. The van der Waals surface area contributed by atoms with Crippen molar-refractivity contribution in [3.8, 4) is 39.1 Å².